The van der Waals surface area contributed by atoms with Crippen molar-refractivity contribution >= 4 is 11.8 Å². The topological polar surface area (TPSA) is 53.2 Å². The maximum atomic E-state index is 5.35. The van der Waals surface area contributed by atoms with Gasteiger partial charge in [0.25, 0.3) is 0 Å². The van der Waals surface area contributed by atoms with Crippen molar-refractivity contribution < 1.29 is 4.74 Å². The average Bonchev–Trinajstić information content (AvgIpc) is 3.10. The van der Waals surface area contributed by atoms with Gasteiger partial charge in [0.1, 0.15) is 11.5 Å². The van der Waals surface area contributed by atoms with Gasteiger partial charge in [0.2, 0.25) is 0 Å². The van der Waals surface area contributed by atoms with Gasteiger partial charge in [0, 0.05) is 24.2 Å². The molecule has 0 atom stereocenters. The van der Waals surface area contributed by atoms with E-state index in [9.17, 15) is 0 Å². The summed E-state index contributed by atoms with van der Waals surface area (Å²) in [5.74, 6) is 0.772. The largest absolute Gasteiger partial charge is 0.494 e. The third-order valence-electron chi connectivity index (χ3n) is 2.77. The zero-order chi connectivity index (χ0) is 12.4. The fourth-order valence-corrected chi connectivity index (χ4v) is 1.89. The van der Waals surface area contributed by atoms with Crippen LogP contribution < -0.4 is 0 Å². The minimum Gasteiger partial charge on any atom is -0.494 e. The van der Waals surface area contributed by atoms with Gasteiger partial charge >= 0.3 is 0 Å². The Balaban J connectivity index is 1.98. The highest BCUT2D eigenvalue weighted by Crippen LogP contribution is 2.24. The Morgan fingerprint density at radius 1 is 1.17 bits per heavy atom. The molecule has 90 valence electrons. The van der Waals surface area contributed by atoms with Gasteiger partial charge in [-0.25, -0.2) is 4.99 Å². The molecule has 3 rings (SSSR count). The fourth-order valence-electron chi connectivity index (χ4n) is 1.89. The number of ether oxygens (including phenoxy) is 1. The fraction of sp³-hybridized carbons (Fsp3) is 0.0714. The number of aliphatic imine (C=N–C) groups is 1. The van der Waals surface area contributed by atoms with Crippen LogP contribution in [0, 0.1) is 0 Å². The number of hydrogen-bond acceptors (Lipinski definition) is 2. The number of aromatic amines is 2. The number of H-pyrrole nitrogens is 2. The smallest absolute Gasteiger partial charge is 0.146 e. The van der Waals surface area contributed by atoms with Crippen molar-refractivity contribution in [2.45, 2.75) is 0 Å². The summed E-state index contributed by atoms with van der Waals surface area (Å²) in [5, 5.41) is 0. The molecule has 0 bridgehead atoms. The molecule has 2 aromatic rings. The molecule has 3 heterocycles. The van der Waals surface area contributed by atoms with Crippen molar-refractivity contribution in [3.63, 3.8) is 0 Å². The second kappa shape index (κ2) is 4.41. The van der Waals surface area contributed by atoms with Gasteiger partial charge in [-0.2, -0.15) is 0 Å². The van der Waals surface area contributed by atoms with Crippen LogP contribution in [0.4, 0.5) is 0 Å². The molecule has 0 saturated carbocycles. The van der Waals surface area contributed by atoms with Crippen LogP contribution in [0.2, 0.25) is 0 Å². The number of aromatic nitrogens is 2. The Bertz CT molecular complexity index is 616. The molecule has 1 aliphatic heterocycles. The summed E-state index contributed by atoms with van der Waals surface area (Å²) in [6, 6.07) is 7.88. The Labute approximate surface area is 105 Å². The highest BCUT2D eigenvalue weighted by Gasteiger charge is 2.16. The van der Waals surface area contributed by atoms with Crippen molar-refractivity contribution in [3.8, 4) is 0 Å². The second-order valence-corrected chi connectivity index (χ2v) is 3.95. The lowest BCUT2D eigenvalue weighted by Gasteiger charge is -2.00. The summed E-state index contributed by atoms with van der Waals surface area (Å²) in [4.78, 5) is 10.8. The molecular weight excluding hydrogens is 226 g/mol. The van der Waals surface area contributed by atoms with E-state index in [2.05, 4.69) is 15.0 Å². The number of hydrogen-bond donors (Lipinski definition) is 2. The van der Waals surface area contributed by atoms with Crippen LogP contribution in [0.5, 0.6) is 0 Å². The van der Waals surface area contributed by atoms with Crippen LogP contribution in [0.25, 0.3) is 6.08 Å². The second-order valence-electron chi connectivity index (χ2n) is 3.95. The van der Waals surface area contributed by atoms with Crippen molar-refractivity contribution in [3.05, 3.63) is 65.6 Å². The first-order valence-electron chi connectivity index (χ1n) is 5.70. The normalized spacial score (nSPS) is 16.8. The molecule has 18 heavy (non-hydrogen) atoms. The van der Waals surface area contributed by atoms with E-state index in [0.717, 1.165) is 28.6 Å². The van der Waals surface area contributed by atoms with Gasteiger partial charge in [0.05, 0.1) is 18.5 Å². The van der Waals surface area contributed by atoms with Gasteiger partial charge in [-0.15, -0.1) is 0 Å². The number of rotatable bonds is 3. The quantitative estimate of drug-likeness (QED) is 0.850. The van der Waals surface area contributed by atoms with E-state index in [-0.39, 0.29) is 0 Å². The molecular formula is C14H13N3O. The summed E-state index contributed by atoms with van der Waals surface area (Å²) in [6.07, 6.45) is 7.66. The zero-order valence-corrected chi connectivity index (χ0v) is 9.97. The van der Waals surface area contributed by atoms with E-state index in [0.29, 0.717) is 0 Å². The van der Waals surface area contributed by atoms with E-state index < -0.39 is 0 Å². The van der Waals surface area contributed by atoms with Crippen molar-refractivity contribution in [2.75, 3.05) is 7.11 Å². The number of nitrogens with one attached hydrogen (secondary N) is 2. The molecule has 0 amide bonds. The van der Waals surface area contributed by atoms with Gasteiger partial charge < -0.3 is 14.7 Å². The average molecular weight is 239 g/mol. The third kappa shape index (κ3) is 1.88. The van der Waals surface area contributed by atoms with E-state index in [1.54, 1.807) is 7.11 Å². The first-order valence-corrected chi connectivity index (χ1v) is 5.70. The SMILES string of the molecule is COC1=CC(c2ccc[nH]2)=N/C1=C\c1ccc[nH]1. The lowest BCUT2D eigenvalue weighted by Crippen LogP contribution is -1.93. The Morgan fingerprint density at radius 2 is 2.00 bits per heavy atom. The van der Waals surface area contributed by atoms with Gasteiger partial charge in [-0.3, -0.25) is 0 Å². The van der Waals surface area contributed by atoms with E-state index in [4.69, 9.17) is 4.74 Å². The van der Waals surface area contributed by atoms with Crippen LogP contribution >= 0.6 is 0 Å². The molecule has 2 aromatic heterocycles. The minimum absolute atomic E-state index is 0.772. The highest BCUT2D eigenvalue weighted by atomic mass is 16.5. The summed E-state index contributed by atoms with van der Waals surface area (Å²) in [6.45, 7) is 0. The summed E-state index contributed by atoms with van der Waals surface area (Å²) in [5.41, 5.74) is 3.70. The van der Waals surface area contributed by atoms with Crippen molar-refractivity contribution in [2.24, 2.45) is 4.99 Å². The molecule has 1 aliphatic rings. The molecule has 4 heteroatoms. The summed E-state index contributed by atoms with van der Waals surface area (Å²) in [7, 11) is 1.65. The van der Waals surface area contributed by atoms with Gasteiger partial charge in [0.15, 0.2) is 0 Å². The molecule has 0 spiro atoms. The van der Waals surface area contributed by atoms with Gasteiger partial charge in [-0.05, 0) is 30.3 Å². The molecule has 2 N–H and O–H groups in total. The summed E-state index contributed by atoms with van der Waals surface area (Å²) < 4.78 is 5.35. The monoisotopic (exact) mass is 239 g/mol. The number of methoxy groups -OCH3 is 1. The third-order valence-corrected chi connectivity index (χ3v) is 2.77. The summed E-state index contributed by atoms with van der Waals surface area (Å²) >= 11 is 0. The Morgan fingerprint density at radius 3 is 2.67 bits per heavy atom. The van der Waals surface area contributed by atoms with Crippen LogP contribution in [0.1, 0.15) is 11.4 Å². The molecule has 0 saturated heterocycles. The highest BCUT2D eigenvalue weighted by molar-refractivity contribution is 6.11. The standard InChI is InChI=1S/C14H13N3O/c1-18-14-9-12(11-5-3-7-16-11)17-13(14)8-10-4-2-6-15-10/h2-9,15-16H,1H3/b13-8-. The predicted molar refractivity (Wildman–Crippen MR) is 71.2 cm³/mol. The molecule has 0 aromatic carbocycles. The lowest BCUT2D eigenvalue weighted by molar-refractivity contribution is 0.303. The van der Waals surface area contributed by atoms with E-state index >= 15 is 0 Å². The van der Waals surface area contributed by atoms with Crippen molar-refractivity contribution in [1.29, 1.82) is 0 Å². The maximum absolute atomic E-state index is 5.35. The van der Waals surface area contributed by atoms with Gasteiger partial charge in [-0.1, -0.05) is 0 Å². The van der Waals surface area contributed by atoms with E-state index in [1.807, 2.05) is 48.8 Å². The Kier molecular flexibility index (Phi) is 2.61. The van der Waals surface area contributed by atoms with Crippen LogP contribution in [0.3, 0.4) is 0 Å². The molecule has 0 fully saturated rings. The first-order chi connectivity index (χ1) is 8.86. The van der Waals surface area contributed by atoms with Crippen molar-refractivity contribution in [1.82, 2.24) is 9.97 Å². The Hall–Kier alpha value is -2.49. The first kappa shape index (κ1) is 10.7. The molecule has 0 aliphatic carbocycles. The minimum atomic E-state index is 0.772. The van der Waals surface area contributed by atoms with Crippen LogP contribution in [0.15, 0.2) is 59.2 Å². The lowest BCUT2D eigenvalue weighted by atomic mass is 10.2. The van der Waals surface area contributed by atoms with Crippen LogP contribution in [-0.4, -0.2) is 22.8 Å². The molecule has 0 radical (unpaired) electrons. The zero-order valence-electron chi connectivity index (χ0n) is 9.97. The maximum Gasteiger partial charge on any atom is 0.146 e. The molecule has 0 unspecified atom stereocenters. The predicted octanol–water partition coefficient (Wildman–Crippen LogP) is 2.72. The number of nitrogens with zero attached hydrogens (tertiary/aromatic N) is 1. The van der Waals surface area contributed by atoms with Crippen LogP contribution in [-0.2, 0) is 4.74 Å². The van der Waals surface area contributed by atoms with E-state index in [1.165, 1.54) is 0 Å². The number of allylic oxidation sites excluding steroid dienone is 1. The molecule has 4 nitrogen and oxygen atoms in total.